The number of fused-ring (bicyclic) bond motifs is 1. The lowest BCUT2D eigenvalue weighted by atomic mass is 10.1. The fourth-order valence-corrected chi connectivity index (χ4v) is 5.30. The van der Waals surface area contributed by atoms with Crippen molar-refractivity contribution in [2.75, 3.05) is 39.2 Å². The average Bonchev–Trinajstić information content (AvgIpc) is 3.61. The van der Waals surface area contributed by atoms with Crippen LogP contribution in [0.15, 0.2) is 59.3 Å². The summed E-state index contributed by atoms with van der Waals surface area (Å²) in [5.41, 5.74) is 7.89. The van der Waals surface area contributed by atoms with Crippen molar-refractivity contribution in [2.24, 2.45) is 0 Å². The second-order valence-corrected chi connectivity index (χ2v) is 11.2. The van der Waals surface area contributed by atoms with E-state index < -0.39 is 19.0 Å². The van der Waals surface area contributed by atoms with Crippen molar-refractivity contribution in [1.82, 2.24) is 19.5 Å². The summed E-state index contributed by atoms with van der Waals surface area (Å²) in [5, 5.41) is 0. The van der Waals surface area contributed by atoms with E-state index in [-0.39, 0.29) is 68.2 Å². The molecule has 0 fully saturated rings. The van der Waals surface area contributed by atoms with E-state index in [4.69, 9.17) is 33.7 Å². The number of ether oxygens (including phenoxy) is 4. The molecule has 0 saturated carbocycles. The van der Waals surface area contributed by atoms with Crippen molar-refractivity contribution in [3.63, 3.8) is 0 Å². The van der Waals surface area contributed by atoms with Crippen LogP contribution in [-0.2, 0) is 41.0 Å². The van der Waals surface area contributed by atoms with Crippen LogP contribution >= 0.6 is 7.60 Å². The molecule has 0 spiro atoms. The Balaban J connectivity index is 1.28. The molecule has 222 valence electrons. The Labute approximate surface area is 239 Å². The number of hydrogen-bond donors (Lipinski definition) is 2. The maximum absolute atomic E-state index is 14.3. The first-order chi connectivity index (χ1) is 20.2. The van der Waals surface area contributed by atoms with Gasteiger partial charge in [0.15, 0.2) is 34.2 Å². The number of nitrogens with two attached hydrogens (primary N) is 1. The van der Waals surface area contributed by atoms with Crippen LogP contribution in [0, 0.1) is 12.7 Å². The summed E-state index contributed by atoms with van der Waals surface area (Å²) in [6, 6.07) is 11.9. The Bertz CT molecular complexity index is 1710. The van der Waals surface area contributed by atoms with Crippen LogP contribution in [0.1, 0.15) is 16.7 Å². The number of rotatable bonds is 13. The minimum absolute atomic E-state index is 0.00596. The molecule has 1 atom stereocenters. The third kappa shape index (κ3) is 6.80. The van der Waals surface area contributed by atoms with Gasteiger partial charge in [-0.1, -0.05) is 29.8 Å². The van der Waals surface area contributed by atoms with Crippen LogP contribution in [0.5, 0.6) is 5.75 Å². The van der Waals surface area contributed by atoms with Crippen LogP contribution in [-0.4, -0.2) is 53.0 Å². The van der Waals surface area contributed by atoms with Gasteiger partial charge in [-0.25, -0.2) is 9.37 Å². The molecule has 0 radical (unpaired) electrons. The highest BCUT2D eigenvalue weighted by Gasteiger charge is 2.29. The molecule has 3 heterocycles. The van der Waals surface area contributed by atoms with Gasteiger partial charge in [0.25, 0.3) is 5.56 Å². The summed E-state index contributed by atoms with van der Waals surface area (Å²) in [6.07, 6.45) is 1.05. The van der Waals surface area contributed by atoms with Gasteiger partial charge in [-0.05, 0) is 30.7 Å². The van der Waals surface area contributed by atoms with E-state index in [0.717, 1.165) is 11.1 Å². The molecule has 5 rings (SSSR count). The number of nitrogens with zero attached hydrogens (tertiary/aromatic N) is 3. The Hall–Kier alpha value is -4.23. The molecule has 2 aromatic carbocycles. The number of hydrogen-bond acceptors (Lipinski definition) is 11. The minimum atomic E-state index is -3.86. The summed E-state index contributed by atoms with van der Waals surface area (Å²) in [7, 11) is -2.49. The Morgan fingerprint density at radius 1 is 1.14 bits per heavy atom. The maximum Gasteiger partial charge on any atom is 0.356 e. The molecule has 1 unspecified atom stereocenters. The number of nitrogens with one attached hydrogen (secondary N) is 1. The zero-order chi connectivity index (χ0) is 29.7. The van der Waals surface area contributed by atoms with E-state index in [2.05, 4.69) is 15.0 Å². The zero-order valence-corrected chi connectivity index (χ0v) is 23.8. The van der Waals surface area contributed by atoms with Crippen LogP contribution in [0.2, 0.25) is 0 Å². The predicted octanol–water partition coefficient (Wildman–Crippen LogP) is 3.93. The van der Waals surface area contributed by atoms with Gasteiger partial charge in [-0.3, -0.25) is 18.9 Å². The fourth-order valence-electron chi connectivity index (χ4n) is 4.06. The molecule has 0 bridgehead atoms. The van der Waals surface area contributed by atoms with Crippen molar-refractivity contribution >= 4 is 30.5 Å². The van der Waals surface area contributed by atoms with E-state index in [1.54, 1.807) is 10.6 Å². The molecule has 1 aliphatic heterocycles. The maximum atomic E-state index is 14.3. The second-order valence-electron chi connectivity index (χ2n) is 9.25. The highest BCUT2D eigenvalue weighted by molar-refractivity contribution is 7.53. The summed E-state index contributed by atoms with van der Waals surface area (Å²) in [5.74, 6) is -0.0700. The number of aromatic amines is 1. The van der Waals surface area contributed by atoms with Gasteiger partial charge in [0.05, 0.1) is 26.7 Å². The SMILES string of the molecule is COc1ccc(C2=C(COP(=O)(COCCn3cnc4c(=O)[nH]c(N)nc43)OCc3ccc(C)cc3)OCO2)cc1F. The molecule has 4 aromatic rings. The summed E-state index contributed by atoms with van der Waals surface area (Å²) < 4.78 is 62.9. The molecule has 2 aromatic heterocycles. The van der Waals surface area contributed by atoms with Gasteiger partial charge in [0, 0.05) is 12.1 Å². The molecule has 3 N–H and O–H groups in total. The molecule has 13 nitrogen and oxygen atoms in total. The summed E-state index contributed by atoms with van der Waals surface area (Å²) in [6.45, 7) is 1.87. The monoisotopic (exact) mass is 601 g/mol. The number of methoxy groups -OCH3 is 1. The van der Waals surface area contributed by atoms with Crippen LogP contribution in [0.3, 0.4) is 0 Å². The minimum Gasteiger partial charge on any atom is -0.494 e. The molecule has 0 saturated heterocycles. The number of benzene rings is 2. The number of anilines is 1. The first-order valence-corrected chi connectivity index (χ1v) is 14.5. The van der Waals surface area contributed by atoms with Crippen molar-refractivity contribution < 1.29 is 37.0 Å². The number of imidazole rings is 1. The number of aromatic nitrogens is 4. The van der Waals surface area contributed by atoms with Crippen LogP contribution in [0.4, 0.5) is 10.3 Å². The van der Waals surface area contributed by atoms with E-state index in [1.165, 1.54) is 25.6 Å². The van der Waals surface area contributed by atoms with E-state index in [9.17, 15) is 13.8 Å². The summed E-state index contributed by atoms with van der Waals surface area (Å²) in [4.78, 5) is 22.6. The lowest BCUT2D eigenvalue weighted by Gasteiger charge is -2.19. The molecule has 42 heavy (non-hydrogen) atoms. The Morgan fingerprint density at radius 3 is 2.69 bits per heavy atom. The van der Waals surface area contributed by atoms with Crippen molar-refractivity contribution in [3.05, 3.63) is 87.4 Å². The van der Waals surface area contributed by atoms with Crippen molar-refractivity contribution in [2.45, 2.75) is 20.1 Å². The Morgan fingerprint density at radius 2 is 1.93 bits per heavy atom. The molecule has 0 aliphatic carbocycles. The van der Waals surface area contributed by atoms with E-state index >= 15 is 0 Å². The van der Waals surface area contributed by atoms with Gasteiger partial charge in [-0.2, -0.15) is 4.98 Å². The predicted molar refractivity (Wildman–Crippen MR) is 150 cm³/mol. The van der Waals surface area contributed by atoms with Gasteiger partial charge >= 0.3 is 7.60 Å². The molecule has 1 aliphatic rings. The zero-order valence-electron chi connectivity index (χ0n) is 22.9. The van der Waals surface area contributed by atoms with Gasteiger partial charge in [-0.15, -0.1) is 0 Å². The smallest absolute Gasteiger partial charge is 0.356 e. The fraction of sp³-hybridized carbons (Fsp3) is 0.296. The third-order valence-electron chi connectivity index (χ3n) is 6.26. The topological polar surface area (TPSA) is 162 Å². The lowest BCUT2D eigenvalue weighted by molar-refractivity contribution is 0.0705. The van der Waals surface area contributed by atoms with Crippen molar-refractivity contribution in [3.8, 4) is 5.75 Å². The molecule has 0 amide bonds. The number of halogens is 1. The number of nitrogen functional groups attached to an aromatic ring is 1. The van der Waals surface area contributed by atoms with Gasteiger partial charge in [0.1, 0.15) is 13.0 Å². The molecular weight excluding hydrogens is 572 g/mol. The second kappa shape index (κ2) is 12.7. The molecular formula is C27H29FN5O8P. The first kappa shape index (κ1) is 29.3. The highest BCUT2D eigenvalue weighted by Crippen LogP contribution is 2.50. The highest BCUT2D eigenvalue weighted by atomic mass is 31.2. The van der Waals surface area contributed by atoms with E-state index in [0.29, 0.717) is 11.2 Å². The number of H-pyrrole nitrogens is 1. The first-order valence-electron chi connectivity index (χ1n) is 12.8. The third-order valence-corrected chi connectivity index (χ3v) is 7.81. The normalized spacial score (nSPS) is 14.5. The summed E-state index contributed by atoms with van der Waals surface area (Å²) >= 11 is 0. The average molecular weight is 602 g/mol. The quantitative estimate of drug-likeness (QED) is 0.169. The molecule has 15 heteroatoms. The van der Waals surface area contributed by atoms with Gasteiger partial charge < -0.3 is 33.8 Å². The largest absolute Gasteiger partial charge is 0.494 e. The van der Waals surface area contributed by atoms with E-state index in [1.807, 2.05) is 31.2 Å². The van der Waals surface area contributed by atoms with Gasteiger partial charge in [0.2, 0.25) is 12.7 Å². The van der Waals surface area contributed by atoms with Crippen LogP contribution < -0.4 is 16.0 Å². The van der Waals surface area contributed by atoms with Crippen LogP contribution in [0.25, 0.3) is 16.9 Å². The Kier molecular flexibility index (Phi) is 8.88. The standard InChI is InChI=1S/C27H29FN5O8P/c1-17-3-5-18(6-4-17)12-40-42(35,16-37-10-9-33-14-30-23-25(33)31-27(29)32-26(23)34)41-13-22-24(39-15-38-22)19-7-8-21(36-2)20(28)11-19/h3-8,11,14H,9-10,12-13,15-16H2,1-2H3,(H3,29,31,32,34). The number of aryl methyl sites for hydroxylation is 1. The lowest BCUT2D eigenvalue weighted by Crippen LogP contribution is -2.13. The van der Waals surface area contributed by atoms with Crippen molar-refractivity contribution in [1.29, 1.82) is 0 Å².